The average molecular weight is 1280 g/mol. The Balaban J connectivity index is 5.25. The van der Waals surface area contributed by atoms with Crippen LogP contribution in [0.5, 0.6) is 0 Å². The topological polar surface area (TPSA) is 237 Å². The van der Waals surface area contributed by atoms with Crippen LogP contribution in [-0.2, 0) is 65.4 Å². The van der Waals surface area contributed by atoms with Crippen molar-refractivity contribution < 1.29 is 80.2 Å². The largest absolute Gasteiger partial charge is 0.472 e. The Kier molecular flexibility index (Phi) is 56.6. The second-order valence-corrected chi connectivity index (χ2v) is 29.1. The lowest BCUT2D eigenvalue weighted by atomic mass is 9.99. The summed E-state index contributed by atoms with van der Waals surface area (Å²) in [5.41, 5.74) is 0. The summed E-state index contributed by atoms with van der Waals surface area (Å²) in [7, 11) is -9.90. The maximum absolute atomic E-state index is 13.0. The van der Waals surface area contributed by atoms with Crippen LogP contribution < -0.4 is 0 Å². The molecule has 3 N–H and O–H groups in total. The lowest BCUT2D eigenvalue weighted by Crippen LogP contribution is -2.30. The molecule has 516 valence electrons. The Bertz CT molecular complexity index is 1730. The molecule has 6 atom stereocenters. The molecule has 0 aliphatic heterocycles. The third-order valence-corrected chi connectivity index (χ3v) is 17.8. The molecule has 4 unspecified atom stereocenters. The fourth-order valence-electron chi connectivity index (χ4n) is 10.1. The van der Waals surface area contributed by atoms with Crippen molar-refractivity contribution in [3.05, 3.63) is 0 Å². The molecule has 0 aromatic rings. The van der Waals surface area contributed by atoms with E-state index >= 15 is 0 Å². The van der Waals surface area contributed by atoms with Crippen LogP contribution in [0, 0.1) is 23.7 Å². The number of rotatable bonds is 65. The van der Waals surface area contributed by atoms with E-state index in [1.54, 1.807) is 0 Å². The molecule has 0 bridgehead atoms. The Labute approximate surface area is 530 Å². The molecule has 0 spiro atoms. The summed E-state index contributed by atoms with van der Waals surface area (Å²) in [6.45, 7) is 14.0. The number of hydrogen-bond acceptors (Lipinski definition) is 15. The van der Waals surface area contributed by atoms with Crippen molar-refractivity contribution in [1.82, 2.24) is 0 Å². The molecular formula is C68H132O17P2. The molecule has 0 rings (SSSR count). The van der Waals surface area contributed by atoms with Gasteiger partial charge in [0.05, 0.1) is 26.4 Å². The highest BCUT2D eigenvalue weighted by atomic mass is 31.2. The van der Waals surface area contributed by atoms with Crippen molar-refractivity contribution in [1.29, 1.82) is 0 Å². The summed E-state index contributed by atoms with van der Waals surface area (Å²) in [5.74, 6) is 0.828. The average Bonchev–Trinajstić information content (AvgIpc) is 3.68. The summed E-state index contributed by atoms with van der Waals surface area (Å²) in [4.78, 5) is 72.4. The molecular weight excluding hydrogens is 1150 g/mol. The standard InChI is InChI=1S/C68H132O17P2/c1-9-61(8)47-39-31-23-15-11-13-16-24-32-40-48-65(70)78-54-63(84-67(72)50-42-34-25-17-12-10-14-20-28-36-44-58(2)3)56-82-86(74,75)80-52-62(69)53-81-87(76,77)83-57-64(85-68(73)51-43-35-27-19-22-30-38-46-60(6)7)55-79-66(71)49-41-33-26-18-21-29-37-45-59(4)5/h58-64,69H,9-57H2,1-8H3,(H,74,75)(H,76,77)/t61?,62?,63-,64-/m1/s1. The second kappa shape index (κ2) is 57.9. The van der Waals surface area contributed by atoms with Gasteiger partial charge in [0, 0.05) is 25.7 Å². The van der Waals surface area contributed by atoms with E-state index in [9.17, 15) is 43.2 Å². The number of ether oxygens (including phenoxy) is 4. The number of aliphatic hydroxyl groups excluding tert-OH is 1. The van der Waals surface area contributed by atoms with Crippen molar-refractivity contribution >= 4 is 39.5 Å². The highest BCUT2D eigenvalue weighted by Gasteiger charge is 2.30. The zero-order valence-electron chi connectivity index (χ0n) is 56.6. The molecule has 0 aromatic carbocycles. The number of carbonyl (C=O) groups is 4. The molecule has 0 saturated heterocycles. The Morgan fingerprint density at radius 2 is 0.552 bits per heavy atom. The zero-order chi connectivity index (χ0) is 64.7. The Morgan fingerprint density at radius 1 is 0.322 bits per heavy atom. The van der Waals surface area contributed by atoms with Crippen molar-refractivity contribution in [2.24, 2.45) is 23.7 Å². The summed E-state index contributed by atoms with van der Waals surface area (Å²) in [6.07, 6.45) is 39.0. The minimum absolute atomic E-state index is 0.102. The molecule has 0 amide bonds. The van der Waals surface area contributed by atoms with Crippen molar-refractivity contribution in [3.63, 3.8) is 0 Å². The van der Waals surface area contributed by atoms with Gasteiger partial charge in [-0.1, -0.05) is 280 Å². The van der Waals surface area contributed by atoms with E-state index in [1.165, 1.54) is 128 Å². The first kappa shape index (κ1) is 85.1. The molecule has 0 heterocycles. The molecule has 87 heavy (non-hydrogen) atoms. The van der Waals surface area contributed by atoms with Crippen LogP contribution in [0.15, 0.2) is 0 Å². The normalized spacial score (nSPS) is 14.6. The van der Waals surface area contributed by atoms with Gasteiger partial charge >= 0.3 is 39.5 Å². The van der Waals surface area contributed by atoms with E-state index in [4.69, 9.17) is 37.0 Å². The second-order valence-electron chi connectivity index (χ2n) is 26.2. The maximum Gasteiger partial charge on any atom is 0.472 e. The van der Waals surface area contributed by atoms with E-state index in [0.717, 1.165) is 108 Å². The van der Waals surface area contributed by atoms with E-state index in [-0.39, 0.29) is 25.7 Å². The van der Waals surface area contributed by atoms with Gasteiger partial charge in [-0.25, -0.2) is 9.13 Å². The lowest BCUT2D eigenvalue weighted by molar-refractivity contribution is -0.161. The van der Waals surface area contributed by atoms with Crippen molar-refractivity contribution in [2.75, 3.05) is 39.6 Å². The number of phosphoric ester groups is 2. The molecule has 0 radical (unpaired) electrons. The smallest absolute Gasteiger partial charge is 0.462 e. The van der Waals surface area contributed by atoms with Crippen molar-refractivity contribution in [2.45, 2.75) is 350 Å². The highest BCUT2D eigenvalue weighted by molar-refractivity contribution is 7.47. The number of esters is 4. The molecule has 0 saturated carbocycles. The number of carbonyl (C=O) groups excluding carboxylic acids is 4. The predicted molar refractivity (Wildman–Crippen MR) is 349 cm³/mol. The van der Waals surface area contributed by atoms with Crippen LogP contribution in [-0.4, -0.2) is 96.7 Å². The number of aliphatic hydroxyl groups is 1. The van der Waals surface area contributed by atoms with Gasteiger partial charge in [-0.3, -0.25) is 37.3 Å². The quantitative estimate of drug-likeness (QED) is 0.0222. The van der Waals surface area contributed by atoms with E-state index in [0.29, 0.717) is 37.5 Å². The first-order valence-electron chi connectivity index (χ1n) is 35.2. The first-order valence-corrected chi connectivity index (χ1v) is 38.2. The Morgan fingerprint density at radius 3 is 0.816 bits per heavy atom. The monoisotopic (exact) mass is 1280 g/mol. The van der Waals surface area contributed by atoms with E-state index in [2.05, 4.69) is 55.4 Å². The van der Waals surface area contributed by atoms with Gasteiger partial charge in [-0.15, -0.1) is 0 Å². The van der Waals surface area contributed by atoms with Gasteiger partial charge in [-0.2, -0.15) is 0 Å². The van der Waals surface area contributed by atoms with E-state index in [1.807, 2.05) is 0 Å². The lowest BCUT2D eigenvalue weighted by Gasteiger charge is -2.21. The van der Waals surface area contributed by atoms with Gasteiger partial charge in [-0.05, 0) is 49.4 Å². The van der Waals surface area contributed by atoms with Crippen LogP contribution in [0.3, 0.4) is 0 Å². The minimum atomic E-state index is -4.95. The molecule has 0 fully saturated rings. The summed E-state index contributed by atoms with van der Waals surface area (Å²) < 4.78 is 68.2. The zero-order valence-corrected chi connectivity index (χ0v) is 58.4. The summed E-state index contributed by atoms with van der Waals surface area (Å²) in [6, 6.07) is 0. The van der Waals surface area contributed by atoms with Gasteiger partial charge < -0.3 is 33.8 Å². The maximum atomic E-state index is 13.0. The van der Waals surface area contributed by atoms with Crippen LogP contribution >= 0.6 is 15.6 Å². The van der Waals surface area contributed by atoms with Gasteiger partial charge in [0.15, 0.2) is 12.2 Å². The molecule has 0 aliphatic rings. The van der Waals surface area contributed by atoms with Crippen LogP contribution in [0.1, 0.15) is 331 Å². The van der Waals surface area contributed by atoms with Gasteiger partial charge in [0.25, 0.3) is 0 Å². The van der Waals surface area contributed by atoms with Crippen LogP contribution in [0.25, 0.3) is 0 Å². The van der Waals surface area contributed by atoms with Gasteiger partial charge in [0.2, 0.25) is 0 Å². The van der Waals surface area contributed by atoms with Crippen LogP contribution in [0.4, 0.5) is 0 Å². The molecule has 0 aromatic heterocycles. The summed E-state index contributed by atoms with van der Waals surface area (Å²) >= 11 is 0. The Hall–Kier alpha value is -1.94. The molecule has 19 heteroatoms. The fourth-order valence-corrected chi connectivity index (χ4v) is 11.7. The number of unbranched alkanes of at least 4 members (excludes halogenated alkanes) is 30. The predicted octanol–water partition coefficient (Wildman–Crippen LogP) is 18.9. The molecule has 0 aliphatic carbocycles. The number of hydrogen-bond donors (Lipinski definition) is 3. The summed E-state index contributed by atoms with van der Waals surface area (Å²) in [5, 5.41) is 10.6. The van der Waals surface area contributed by atoms with Crippen LogP contribution in [0.2, 0.25) is 0 Å². The molecule has 17 nitrogen and oxygen atoms in total. The van der Waals surface area contributed by atoms with Crippen molar-refractivity contribution in [3.8, 4) is 0 Å². The van der Waals surface area contributed by atoms with E-state index < -0.39 is 97.5 Å². The highest BCUT2D eigenvalue weighted by Crippen LogP contribution is 2.45. The third-order valence-electron chi connectivity index (χ3n) is 15.9. The third kappa shape index (κ3) is 61.3. The number of phosphoric acid groups is 2. The minimum Gasteiger partial charge on any atom is -0.462 e. The first-order chi connectivity index (χ1) is 41.6. The SMILES string of the molecule is CCC(C)CCCCCCCCCCCCC(=O)OC[C@H](COP(=O)(O)OCC(O)COP(=O)(O)OC[C@@H](COC(=O)CCCCCCCCCC(C)C)OC(=O)CCCCCCCCCC(C)C)OC(=O)CCCCCCCCCCCCC(C)C. The van der Waals surface area contributed by atoms with Gasteiger partial charge in [0.1, 0.15) is 19.3 Å². The fraction of sp³-hybridized carbons (Fsp3) is 0.941.